The lowest BCUT2D eigenvalue weighted by Gasteiger charge is -2.21. The molecule has 1 aromatic heterocycles. The van der Waals surface area contributed by atoms with Gasteiger partial charge in [0.15, 0.2) is 0 Å². The lowest BCUT2D eigenvalue weighted by atomic mass is 10.1. The van der Waals surface area contributed by atoms with Crippen LogP contribution in [0.15, 0.2) is 0 Å². The Morgan fingerprint density at radius 2 is 2.35 bits per heavy atom. The predicted octanol–water partition coefficient (Wildman–Crippen LogP) is 0.632. The average molecular weight is 234 g/mol. The first-order valence-electron chi connectivity index (χ1n) is 6.24. The first-order chi connectivity index (χ1) is 8.33. The quantitative estimate of drug-likeness (QED) is 0.786. The Kier molecular flexibility index (Phi) is 2.94. The van der Waals surface area contributed by atoms with Crippen LogP contribution in [-0.2, 0) is 17.8 Å². The van der Waals surface area contributed by atoms with E-state index in [0.717, 1.165) is 55.4 Å². The van der Waals surface area contributed by atoms with Gasteiger partial charge < -0.3 is 15.4 Å². The summed E-state index contributed by atoms with van der Waals surface area (Å²) in [6.45, 7) is 5.46. The highest BCUT2D eigenvalue weighted by Crippen LogP contribution is 2.23. The highest BCUT2D eigenvalue weighted by molar-refractivity contribution is 5.48. The lowest BCUT2D eigenvalue weighted by Crippen LogP contribution is -2.25. The van der Waals surface area contributed by atoms with Crippen molar-refractivity contribution in [2.45, 2.75) is 32.4 Å². The number of fused-ring (bicyclic) bond motifs is 1. The highest BCUT2D eigenvalue weighted by atomic mass is 16.5. The lowest BCUT2D eigenvalue weighted by molar-refractivity contribution is 0.109. The molecule has 1 saturated heterocycles. The topological polar surface area (TPSA) is 59.1 Å². The van der Waals surface area contributed by atoms with Crippen LogP contribution in [-0.4, -0.2) is 35.7 Å². The third-order valence-electron chi connectivity index (χ3n) is 3.34. The molecule has 3 heterocycles. The third-order valence-corrected chi connectivity index (χ3v) is 3.34. The van der Waals surface area contributed by atoms with Gasteiger partial charge in [0.2, 0.25) is 0 Å². The van der Waals surface area contributed by atoms with Crippen LogP contribution < -0.4 is 10.6 Å². The molecule has 5 heteroatoms. The van der Waals surface area contributed by atoms with E-state index in [4.69, 9.17) is 4.74 Å². The van der Waals surface area contributed by atoms with E-state index < -0.39 is 0 Å². The van der Waals surface area contributed by atoms with Gasteiger partial charge in [-0.05, 0) is 19.9 Å². The molecule has 0 aliphatic carbocycles. The second-order valence-corrected chi connectivity index (χ2v) is 4.68. The molecule has 2 aliphatic rings. The summed E-state index contributed by atoms with van der Waals surface area (Å²) in [5, 5.41) is 6.87. The van der Waals surface area contributed by atoms with E-state index in [-0.39, 0.29) is 0 Å². The number of hydrogen-bond donors (Lipinski definition) is 2. The number of aryl methyl sites for hydroxylation is 1. The zero-order valence-corrected chi connectivity index (χ0v) is 10.1. The van der Waals surface area contributed by atoms with Gasteiger partial charge in [0.05, 0.1) is 18.9 Å². The van der Waals surface area contributed by atoms with Crippen LogP contribution in [0.3, 0.4) is 0 Å². The monoisotopic (exact) mass is 234 g/mol. The van der Waals surface area contributed by atoms with Crippen LogP contribution in [0.2, 0.25) is 0 Å². The molecule has 1 aromatic rings. The fourth-order valence-corrected chi connectivity index (χ4v) is 2.45. The number of hydrogen-bond acceptors (Lipinski definition) is 5. The van der Waals surface area contributed by atoms with E-state index in [1.807, 2.05) is 6.92 Å². The van der Waals surface area contributed by atoms with Crippen LogP contribution in [0.1, 0.15) is 23.5 Å². The van der Waals surface area contributed by atoms with Gasteiger partial charge >= 0.3 is 0 Å². The van der Waals surface area contributed by atoms with Gasteiger partial charge in [-0.15, -0.1) is 0 Å². The molecule has 2 N–H and O–H groups in total. The van der Waals surface area contributed by atoms with Crippen LogP contribution in [0.4, 0.5) is 5.82 Å². The average Bonchev–Trinajstić information content (AvgIpc) is 2.81. The van der Waals surface area contributed by atoms with E-state index in [2.05, 4.69) is 20.6 Å². The Morgan fingerprint density at radius 1 is 1.41 bits per heavy atom. The first-order valence-corrected chi connectivity index (χ1v) is 6.24. The van der Waals surface area contributed by atoms with Gasteiger partial charge in [0.1, 0.15) is 11.6 Å². The first kappa shape index (κ1) is 10.9. The van der Waals surface area contributed by atoms with Gasteiger partial charge in [-0.1, -0.05) is 0 Å². The maximum absolute atomic E-state index is 5.51. The SMILES string of the molecule is Cc1nc2c(c(NC3CCNC3)n1)COCC2. The van der Waals surface area contributed by atoms with Gasteiger partial charge in [0.25, 0.3) is 0 Å². The van der Waals surface area contributed by atoms with Crippen LogP contribution in [0, 0.1) is 6.92 Å². The minimum absolute atomic E-state index is 0.482. The second-order valence-electron chi connectivity index (χ2n) is 4.68. The molecule has 0 saturated carbocycles. The summed E-state index contributed by atoms with van der Waals surface area (Å²) in [7, 11) is 0. The second kappa shape index (κ2) is 4.58. The molecular weight excluding hydrogens is 216 g/mol. The molecule has 2 aliphatic heterocycles. The van der Waals surface area contributed by atoms with E-state index >= 15 is 0 Å². The molecule has 92 valence electrons. The predicted molar refractivity (Wildman–Crippen MR) is 65.0 cm³/mol. The number of rotatable bonds is 2. The Balaban J connectivity index is 1.88. The normalized spacial score (nSPS) is 23.5. The van der Waals surface area contributed by atoms with Crippen LogP contribution >= 0.6 is 0 Å². The summed E-state index contributed by atoms with van der Waals surface area (Å²) < 4.78 is 5.51. The van der Waals surface area contributed by atoms with Crippen molar-refractivity contribution in [2.75, 3.05) is 25.0 Å². The molecule has 3 rings (SSSR count). The van der Waals surface area contributed by atoms with E-state index in [1.54, 1.807) is 0 Å². The summed E-state index contributed by atoms with van der Waals surface area (Å²) >= 11 is 0. The molecule has 0 bridgehead atoms. The van der Waals surface area contributed by atoms with E-state index in [9.17, 15) is 0 Å². The van der Waals surface area contributed by atoms with Crippen molar-refractivity contribution in [1.29, 1.82) is 0 Å². The van der Waals surface area contributed by atoms with Gasteiger partial charge in [-0.2, -0.15) is 0 Å². The van der Waals surface area contributed by atoms with Crippen molar-refractivity contribution in [3.63, 3.8) is 0 Å². The molecule has 0 radical (unpaired) electrons. The molecule has 5 nitrogen and oxygen atoms in total. The summed E-state index contributed by atoms with van der Waals surface area (Å²) in [6, 6.07) is 0.482. The highest BCUT2D eigenvalue weighted by Gasteiger charge is 2.21. The standard InChI is InChI=1S/C12H18N4O/c1-8-14-11-3-5-17-7-10(11)12(15-8)16-9-2-4-13-6-9/h9,13H,2-7H2,1H3,(H,14,15,16). The van der Waals surface area contributed by atoms with Crippen molar-refractivity contribution < 1.29 is 4.74 Å². The van der Waals surface area contributed by atoms with Crippen LogP contribution in [0.5, 0.6) is 0 Å². The minimum Gasteiger partial charge on any atom is -0.376 e. The maximum atomic E-state index is 5.51. The third kappa shape index (κ3) is 2.25. The smallest absolute Gasteiger partial charge is 0.135 e. The van der Waals surface area contributed by atoms with Crippen LogP contribution in [0.25, 0.3) is 0 Å². The Hall–Kier alpha value is -1.20. The Morgan fingerprint density at radius 3 is 3.18 bits per heavy atom. The molecule has 1 atom stereocenters. The number of aromatic nitrogens is 2. The van der Waals surface area contributed by atoms with Crippen molar-refractivity contribution in [3.8, 4) is 0 Å². The molecule has 1 unspecified atom stereocenters. The Labute approximate surface area is 101 Å². The molecular formula is C12H18N4O. The van der Waals surface area contributed by atoms with E-state index in [1.165, 1.54) is 0 Å². The largest absolute Gasteiger partial charge is 0.376 e. The summed E-state index contributed by atoms with van der Waals surface area (Å²) in [4.78, 5) is 9.02. The van der Waals surface area contributed by atoms with Crippen molar-refractivity contribution >= 4 is 5.82 Å². The molecule has 0 spiro atoms. The summed E-state index contributed by atoms with van der Waals surface area (Å²) in [5.74, 6) is 1.82. The van der Waals surface area contributed by atoms with Crippen molar-refractivity contribution in [2.24, 2.45) is 0 Å². The zero-order valence-electron chi connectivity index (χ0n) is 10.1. The van der Waals surface area contributed by atoms with Crippen molar-refractivity contribution in [3.05, 3.63) is 17.1 Å². The number of nitrogens with one attached hydrogen (secondary N) is 2. The molecule has 0 aromatic carbocycles. The summed E-state index contributed by atoms with van der Waals surface area (Å²) in [6.07, 6.45) is 2.05. The number of nitrogens with zero attached hydrogens (tertiary/aromatic N) is 2. The molecule has 17 heavy (non-hydrogen) atoms. The van der Waals surface area contributed by atoms with Gasteiger partial charge in [0, 0.05) is 24.6 Å². The fourth-order valence-electron chi connectivity index (χ4n) is 2.45. The fraction of sp³-hybridized carbons (Fsp3) is 0.667. The van der Waals surface area contributed by atoms with E-state index in [0.29, 0.717) is 12.6 Å². The van der Waals surface area contributed by atoms with Gasteiger partial charge in [-0.3, -0.25) is 0 Å². The maximum Gasteiger partial charge on any atom is 0.135 e. The number of ether oxygens (including phenoxy) is 1. The number of anilines is 1. The van der Waals surface area contributed by atoms with Gasteiger partial charge in [-0.25, -0.2) is 9.97 Å². The van der Waals surface area contributed by atoms with Crippen molar-refractivity contribution in [1.82, 2.24) is 15.3 Å². The molecule has 0 amide bonds. The minimum atomic E-state index is 0.482. The summed E-state index contributed by atoms with van der Waals surface area (Å²) in [5.41, 5.74) is 2.30. The molecule has 1 fully saturated rings. The Bertz CT molecular complexity index is 415. The zero-order chi connectivity index (χ0) is 11.7.